The van der Waals surface area contributed by atoms with Gasteiger partial charge in [-0.1, -0.05) is 65.7 Å². The number of H-pyrrole nitrogens is 1. The van der Waals surface area contributed by atoms with E-state index in [2.05, 4.69) is 15.5 Å². The number of aromatic amines is 1. The molecule has 1 aromatic heterocycles. The molecule has 5 rings (SSSR count). The van der Waals surface area contributed by atoms with Crippen molar-refractivity contribution in [3.63, 3.8) is 0 Å². The number of para-hydroxylation sites is 2. The summed E-state index contributed by atoms with van der Waals surface area (Å²) < 4.78 is 27.6. The zero-order valence-electron chi connectivity index (χ0n) is 21.8. The number of ketones is 1. The van der Waals surface area contributed by atoms with E-state index in [1.165, 1.54) is 6.20 Å². The fourth-order valence-electron chi connectivity index (χ4n) is 4.54. The Balaban J connectivity index is 1.23. The van der Waals surface area contributed by atoms with Gasteiger partial charge in [0.05, 0.1) is 21.8 Å². The normalized spacial score (nSPS) is 14.4. The van der Waals surface area contributed by atoms with E-state index in [0.29, 0.717) is 43.0 Å². The lowest BCUT2D eigenvalue weighted by molar-refractivity contribution is 0.0915. The van der Waals surface area contributed by atoms with Crippen molar-refractivity contribution in [3.8, 4) is 11.5 Å². The molecule has 3 aromatic carbocycles. The molecule has 0 saturated carbocycles. The number of piperidine rings is 1. The molecular weight excluding hydrogens is 586 g/mol. The largest absolute Gasteiger partial charge is 0.515 e. The van der Waals surface area contributed by atoms with Crippen molar-refractivity contribution in [1.29, 1.82) is 0 Å². The summed E-state index contributed by atoms with van der Waals surface area (Å²) in [6.45, 7) is 0.725. The minimum Gasteiger partial charge on any atom is -0.404 e. The fraction of sp³-hybridized carbons (Fsp3) is 0.207. The van der Waals surface area contributed by atoms with Gasteiger partial charge in [-0.3, -0.25) is 14.7 Å². The van der Waals surface area contributed by atoms with Gasteiger partial charge in [0.25, 0.3) is 5.91 Å². The Labute approximate surface area is 247 Å². The third kappa shape index (κ3) is 7.00. The van der Waals surface area contributed by atoms with Gasteiger partial charge < -0.3 is 14.4 Å². The van der Waals surface area contributed by atoms with Crippen molar-refractivity contribution in [3.05, 3.63) is 112 Å². The Bertz CT molecular complexity index is 1490. The number of carbonyl (C=O) groups excluding carboxylic acids is 2. The van der Waals surface area contributed by atoms with Gasteiger partial charge in [-0.2, -0.15) is 9.77 Å². The van der Waals surface area contributed by atoms with Gasteiger partial charge in [-0.05, 0) is 49.2 Å². The first-order chi connectivity index (χ1) is 19.8. The summed E-state index contributed by atoms with van der Waals surface area (Å²) in [4.78, 5) is 26.1. The number of carbonyl (C=O) groups is 2. The highest BCUT2D eigenvalue weighted by Gasteiger charge is 2.40. The van der Waals surface area contributed by atoms with Crippen molar-refractivity contribution in [2.75, 3.05) is 13.1 Å². The van der Waals surface area contributed by atoms with E-state index in [1.807, 2.05) is 12.1 Å². The first-order valence-electron chi connectivity index (χ1n) is 13.0. The van der Waals surface area contributed by atoms with Crippen LogP contribution in [0.2, 0.25) is 10.0 Å². The summed E-state index contributed by atoms with van der Waals surface area (Å²) in [7, 11) is -3.76. The van der Waals surface area contributed by atoms with Crippen LogP contribution < -0.4 is 14.4 Å². The molecular formula is C29H27Cl2N4O5P. The third-order valence-electron chi connectivity index (χ3n) is 6.62. The van der Waals surface area contributed by atoms with Crippen LogP contribution >= 0.6 is 30.9 Å². The summed E-state index contributed by atoms with van der Waals surface area (Å²) in [5, 5.41) is 10.1. The van der Waals surface area contributed by atoms with Gasteiger partial charge in [0.1, 0.15) is 17.2 Å². The van der Waals surface area contributed by atoms with Crippen LogP contribution in [0.3, 0.4) is 0 Å². The molecule has 0 aliphatic carbocycles. The molecule has 41 heavy (non-hydrogen) atoms. The molecule has 1 fully saturated rings. The minimum atomic E-state index is -3.76. The SMILES string of the molecule is O=C(NC1CCN(P(=O)(Oc2ccccc2)Oc2ccccc2)CC1)c1[nH]ncc1CC(=O)c1c(Cl)cccc1Cl. The molecule has 2 heterocycles. The van der Waals surface area contributed by atoms with Crippen LogP contribution in [-0.4, -0.2) is 45.7 Å². The van der Waals surface area contributed by atoms with E-state index < -0.39 is 13.7 Å². The molecule has 2 N–H and O–H groups in total. The predicted molar refractivity (Wildman–Crippen MR) is 157 cm³/mol. The lowest BCUT2D eigenvalue weighted by atomic mass is 10.0. The first-order valence-corrected chi connectivity index (χ1v) is 15.2. The van der Waals surface area contributed by atoms with E-state index in [9.17, 15) is 14.2 Å². The van der Waals surface area contributed by atoms with Crippen molar-refractivity contribution < 1.29 is 23.2 Å². The van der Waals surface area contributed by atoms with Crippen molar-refractivity contribution in [2.45, 2.75) is 25.3 Å². The maximum atomic E-state index is 14.1. The molecule has 0 radical (unpaired) electrons. The van der Waals surface area contributed by atoms with Gasteiger partial charge in [-0.15, -0.1) is 0 Å². The van der Waals surface area contributed by atoms with Crippen LogP contribution in [0.1, 0.15) is 39.3 Å². The van der Waals surface area contributed by atoms with E-state index in [0.717, 1.165) is 0 Å². The van der Waals surface area contributed by atoms with Gasteiger partial charge >= 0.3 is 7.75 Å². The fourth-order valence-corrected chi connectivity index (χ4v) is 6.92. The van der Waals surface area contributed by atoms with E-state index in [4.69, 9.17) is 32.2 Å². The zero-order valence-corrected chi connectivity index (χ0v) is 24.2. The monoisotopic (exact) mass is 612 g/mol. The molecule has 0 unspecified atom stereocenters. The number of nitrogens with one attached hydrogen (secondary N) is 2. The topological polar surface area (TPSA) is 114 Å². The Kier molecular flexibility index (Phi) is 9.10. The van der Waals surface area contributed by atoms with Crippen LogP contribution in [0.5, 0.6) is 11.5 Å². The molecule has 9 nitrogen and oxygen atoms in total. The second kappa shape index (κ2) is 12.9. The molecule has 4 aromatic rings. The number of benzene rings is 3. The standard InChI is InChI=1S/C29H27Cl2N4O5P/c30-24-12-7-13-25(31)27(24)26(36)18-20-19-32-34-28(20)29(37)33-21-14-16-35(17-15-21)41(38,39-22-8-3-1-4-9-22)40-23-10-5-2-6-11-23/h1-13,19,21H,14-18H2,(H,32,34)(H,33,37). The Morgan fingerprint density at radius 1 is 0.902 bits per heavy atom. The molecule has 212 valence electrons. The van der Waals surface area contributed by atoms with Gasteiger partial charge in [0, 0.05) is 31.1 Å². The molecule has 0 spiro atoms. The van der Waals surface area contributed by atoms with E-state index >= 15 is 0 Å². The van der Waals surface area contributed by atoms with Crippen LogP contribution in [0.15, 0.2) is 85.1 Å². The summed E-state index contributed by atoms with van der Waals surface area (Å²) in [5.41, 5.74) is 0.822. The van der Waals surface area contributed by atoms with Gasteiger partial charge in [0.2, 0.25) is 0 Å². The molecule has 0 bridgehead atoms. The maximum absolute atomic E-state index is 14.1. The van der Waals surface area contributed by atoms with Crippen molar-refractivity contribution >= 4 is 42.6 Å². The Morgan fingerprint density at radius 2 is 1.46 bits per heavy atom. The molecule has 12 heteroatoms. The van der Waals surface area contributed by atoms with E-state index in [1.54, 1.807) is 71.4 Å². The highest BCUT2D eigenvalue weighted by Crippen LogP contribution is 2.52. The molecule has 1 aliphatic heterocycles. The van der Waals surface area contributed by atoms with Crippen molar-refractivity contribution in [1.82, 2.24) is 20.2 Å². The number of aromatic nitrogens is 2. The highest BCUT2D eigenvalue weighted by atomic mass is 35.5. The first kappa shape index (κ1) is 28.9. The number of halogens is 2. The lowest BCUT2D eigenvalue weighted by Crippen LogP contribution is -2.44. The molecule has 0 atom stereocenters. The number of rotatable bonds is 10. The average Bonchev–Trinajstić information content (AvgIpc) is 3.42. The van der Waals surface area contributed by atoms with Crippen molar-refractivity contribution in [2.24, 2.45) is 0 Å². The Morgan fingerprint density at radius 3 is 2.02 bits per heavy atom. The van der Waals surface area contributed by atoms with Gasteiger partial charge in [-0.25, -0.2) is 4.57 Å². The summed E-state index contributed by atoms with van der Waals surface area (Å²) in [5.74, 6) is 0.151. The second-order valence-corrected chi connectivity index (χ2v) is 12.1. The van der Waals surface area contributed by atoms with Gasteiger partial charge in [0.15, 0.2) is 5.78 Å². The second-order valence-electron chi connectivity index (χ2n) is 9.45. The lowest BCUT2D eigenvalue weighted by Gasteiger charge is -2.35. The maximum Gasteiger partial charge on any atom is 0.515 e. The minimum absolute atomic E-state index is 0.0992. The summed E-state index contributed by atoms with van der Waals surface area (Å²) in [6, 6.07) is 22.4. The zero-order chi connectivity index (χ0) is 28.8. The van der Waals surface area contributed by atoms with Crippen LogP contribution in [0.4, 0.5) is 0 Å². The van der Waals surface area contributed by atoms with Crippen LogP contribution in [-0.2, 0) is 11.0 Å². The smallest absolute Gasteiger partial charge is 0.404 e. The number of hydrogen-bond acceptors (Lipinski definition) is 6. The number of hydrogen-bond donors (Lipinski definition) is 2. The predicted octanol–water partition coefficient (Wildman–Crippen LogP) is 6.60. The third-order valence-corrected chi connectivity index (χ3v) is 9.22. The molecule has 1 saturated heterocycles. The van der Waals surface area contributed by atoms with Crippen LogP contribution in [0.25, 0.3) is 0 Å². The number of nitrogens with zero attached hydrogens (tertiary/aromatic N) is 2. The number of amides is 1. The summed E-state index contributed by atoms with van der Waals surface area (Å²) >= 11 is 12.4. The quantitative estimate of drug-likeness (QED) is 0.153. The molecule has 1 aliphatic rings. The molecule has 1 amide bonds. The number of Topliss-reactive ketones (excluding diaryl/α,β-unsaturated/α-hetero) is 1. The summed E-state index contributed by atoms with van der Waals surface area (Å²) in [6.07, 6.45) is 2.35. The highest BCUT2D eigenvalue weighted by molar-refractivity contribution is 7.52. The average molecular weight is 613 g/mol. The van der Waals surface area contributed by atoms with E-state index in [-0.39, 0.29) is 39.5 Å². The Hall–Kier alpha value is -3.62. The van der Waals surface area contributed by atoms with Crippen LogP contribution in [0, 0.1) is 0 Å².